The van der Waals surface area contributed by atoms with E-state index in [0.29, 0.717) is 11.2 Å². The average molecular weight is 287 g/mol. The van der Waals surface area contributed by atoms with Gasteiger partial charge in [-0.05, 0) is 52.0 Å². The SMILES string of the molecule is CC(C)(O)C(C)(C)O.[B]c1cc(N)cc(-n2cccn2)c1. The second kappa shape index (κ2) is 6.32. The minimum atomic E-state index is -1.01. The number of aliphatic hydroxyl groups is 2. The second-order valence-corrected chi connectivity index (χ2v) is 5.93. The van der Waals surface area contributed by atoms with Crippen LogP contribution in [-0.2, 0) is 0 Å². The van der Waals surface area contributed by atoms with Crippen molar-refractivity contribution in [2.24, 2.45) is 0 Å². The minimum Gasteiger partial charge on any atom is -0.399 e. The Kier molecular flexibility index (Phi) is 5.20. The number of hydrogen-bond donors (Lipinski definition) is 3. The van der Waals surface area contributed by atoms with E-state index >= 15 is 0 Å². The quantitative estimate of drug-likeness (QED) is 0.563. The summed E-state index contributed by atoms with van der Waals surface area (Å²) in [7, 11) is 5.64. The number of rotatable bonds is 2. The van der Waals surface area contributed by atoms with Crippen LogP contribution in [0.15, 0.2) is 36.7 Å². The van der Waals surface area contributed by atoms with Gasteiger partial charge in [-0.15, -0.1) is 0 Å². The van der Waals surface area contributed by atoms with Crippen molar-refractivity contribution in [3.63, 3.8) is 0 Å². The second-order valence-electron chi connectivity index (χ2n) is 5.93. The third kappa shape index (κ3) is 5.25. The molecule has 0 amide bonds. The molecule has 0 fully saturated rings. The first-order chi connectivity index (χ1) is 9.50. The Labute approximate surface area is 126 Å². The van der Waals surface area contributed by atoms with Crippen LogP contribution in [0.5, 0.6) is 0 Å². The molecular weight excluding hydrogens is 265 g/mol. The first-order valence-corrected chi connectivity index (χ1v) is 6.61. The molecule has 1 aromatic heterocycles. The number of anilines is 1. The molecular formula is C15H22BN3O2. The van der Waals surface area contributed by atoms with E-state index in [0.717, 1.165) is 5.69 Å². The van der Waals surface area contributed by atoms with Gasteiger partial charge in [0.2, 0.25) is 0 Å². The van der Waals surface area contributed by atoms with Crippen molar-refractivity contribution in [3.8, 4) is 5.69 Å². The molecule has 1 aromatic carbocycles. The van der Waals surface area contributed by atoms with Crippen LogP contribution in [0.3, 0.4) is 0 Å². The van der Waals surface area contributed by atoms with Gasteiger partial charge in [-0.1, -0.05) is 5.46 Å². The summed E-state index contributed by atoms with van der Waals surface area (Å²) in [4.78, 5) is 0. The molecule has 0 bridgehead atoms. The lowest BCUT2D eigenvalue weighted by molar-refractivity contribution is -0.107. The van der Waals surface area contributed by atoms with Crippen molar-refractivity contribution in [1.29, 1.82) is 0 Å². The molecule has 1 heterocycles. The highest BCUT2D eigenvalue weighted by molar-refractivity contribution is 6.32. The van der Waals surface area contributed by atoms with E-state index in [1.165, 1.54) is 0 Å². The van der Waals surface area contributed by atoms with Crippen molar-refractivity contribution in [2.45, 2.75) is 38.9 Å². The van der Waals surface area contributed by atoms with Gasteiger partial charge < -0.3 is 15.9 Å². The van der Waals surface area contributed by atoms with Crippen LogP contribution in [0.4, 0.5) is 5.69 Å². The van der Waals surface area contributed by atoms with Crippen LogP contribution in [0.1, 0.15) is 27.7 Å². The summed E-state index contributed by atoms with van der Waals surface area (Å²) in [5.41, 5.74) is 5.80. The van der Waals surface area contributed by atoms with Crippen molar-refractivity contribution >= 4 is 19.0 Å². The summed E-state index contributed by atoms with van der Waals surface area (Å²) in [6.07, 6.45) is 3.55. The minimum absolute atomic E-state index is 0.644. The normalized spacial score (nSPS) is 11.7. The lowest BCUT2D eigenvalue weighted by Gasteiger charge is -2.31. The van der Waals surface area contributed by atoms with Crippen LogP contribution in [-0.4, -0.2) is 39.0 Å². The molecule has 0 aliphatic rings. The largest absolute Gasteiger partial charge is 0.399 e. The van der Waals surface area contributed by atoms with E-state index in [9.17, 15) is 0 Å². The Bertz CT molecular complexity index is 537. The Morgan fingerprint density at radius 3 is 2.05 bits per heavy atom. The van der Waals surface area contributed by atoms with E-state index in [1.807, 2.05) is 24.4 Å². The van der Waals surface area contributed by atoms with Gasteiger partial charge in [-0.2, -0.15) is 5.10 Å². The highest BCUT2D eigenvalue weighted by Gasteiger charge is 2.31. The fourth-order valence-electron chi connectivity index (χ4n) is 1.21. The maximum Gasteiger partial charge on any atom is 0.114 e. The van der Waals surface area contributed by atoms with Crippen LogP contribution >= 0.6 is 0 Å². The smallest absolute Gasteiger partial charge is 0.114 e. The zero-order chi connectivity index (χ0) is 16.3. The summed E-state index contributed by atoms with van der Waals surface area (Å²) in [6, 6.07) is 7.21. The average Bonchev–Trinajstić information content (AvgIpc) is 2.78. The van der Waals surface area contributed by atoms with Gasteiger partial charge in [0.05, 0.1) is 16.9 Å². The Morgan fingerprint density at radius 1 is 1.10 bits per heavy atom. The molecule has 0 aliphatic carbocycles. The molecule has 6 heteroatoms. The maximum absolute atomic E-state index is 9.10. The van der Waals surface area contributed by atoms with Crippen molar-refractivity contribution in [3.05, 3.63) is 36.7 Å². The number of nitrogens with zero attached hydrogens (tertiary/aromatic N) is 2. The molecule has 112 valence electrons. The Hall–Kier alpha value is -1.79. The summed E-state index contributed by atoms with van der Waals surface area (Å²) < 4.78 is 1.72. The van der Waals surface area contributed by atoms with Crippen LogP contribution in [0.2, 0.25) is 0 Å². The molecule has 0 aliphatic heterocycles. The fourth-order valence-corrected chi connectivity index (χ4v) is 1.21. The molecule has 4 N–H and O–H groups in total. The predicted octanol–water partition coefficient (Wildman–Crippen LogP) is 0.776. The molecule has 0 unspecified atom stereocenters. The molecule has 0 spiro atoms. The van der Waals surface area contributed by atoms with Crippen molar-refractivity contribution < 1.29 is 10.2 Å². The summed E-state index contributed by atoms with van der Waals surface area (Å²) in [5.74, 6) is 0. The maximum atomic E-state index is 9.10. The number of aromatic nitrogens is 2. The van der Waals surface area contributed by atoms with Crippen molar-refractivity contribution in [2.75, 3.05) is 5.73 Å². The molecule has 0 atom stereocenters. The number of nitrogen functional groups attached to an aromatic ring is 1. The first-order valence-electron chi connectivity index (χ1n) is 6.61. The van der Waals surface area contributed by atoms with Gasteiger partial charge >= 0.3 is 0 Å². The zero-order valence-corrected chi connectivity index (χ0v) is 12.9. The lowest BCUT2D eigenvalue weighted by atomic mass is 9.90. The molecule has 0 saturated heterocycles. The third-order valence-electron chi connectivity index (χ3n) is 3.23. The summed E-state index contributed by atoms with van der Waals surface area (Å²) >= 11 is 0. The standard InChI is InChI=1S/C9H8BN3.C6H14O2/c10-7-4-8(11)6-9(5-7)13-3-1-2-12-13;1-5(2,7)6(3,4)8/h1-6H,11H2;7-8H,1-4H3. The number of hydrogen-bond acceptors (Lipinski definition) is 4. The zero-order valence-electron chi connectivity index (χ0n) is 12.9. The van der Waals surface area contributed by atoms with Gasteiger partial charge in [0.15, 0.2) is 0 Å². The summed E-state index contributed by atoms with van der Waals surface area (Å²) in [6.45, 7) is 6.31. The Balaban J connectivity index is 0.000000240. The van der Waals surface area contributed by atoms with E-state index in [-0.39, 0.29) is 0 Å². The highest BCUT2D eigenvalue weighted by Crippen LogP contribution is 2.19. The van der Waals surface area contributed by atoms with E-state index in [2.05, 4.69) is 5.10 Å². The third-order valence-corrected chi connectivity index (χ3v) is 3.23. The van der Waals surface area contributed by atoms with Gasteiger partial charge in [-0.3, -0.25) is 0 Å². The number of nitrogens with two attached hydrogens (primary N) is 1. The molecule has 21 heavy (non-hydrogen) atoms. The van der Waals surface area contributed by atoms with Crippen LogP contribution < -0.4 is 11.2 Å². The van der Waals surface area contributed by atoms with Gasteiger partial charge in [0.25, 0.3) is 0 Å². The first kappa shape index (κ1) is 17.3. The van der Waals surface area contributed by atoms with Crippen molar-refractivity contribution in [1.82, 2.24) is 9.78 Å². The van der Waals surface area contributed by atoms with Gasteiger partial charge in [-0.25, -0.2) is 4.68 Å². The summed E-state index contributed by atoms with van der Waals surface area (Å²) in [5, 5.41) is 22.3. The predicted molar refractivity (Wildman–Crippen MR) is 86.0 cm³/mol. The van der Waals surface area contributed by atoms with E-state index in [1.54, 1.807) is 44.6 Å². The van der Waals surface area contributed by atoms with Crippen LogP contribution in [0.25, 0.3) is 5.69 Å². The molecule has 0 saturated carbocycles. The van der Waals surface area contributed by atoms with E-state index < -0.39 is 11.2 Å². The van der Waals surface area contributed by atoms with Gasteiger partial charge in [0.1, 0.15) is 7.85 Å². The molecule has 2 rings (SSSR count). The molecule has 2 aromatic rings. The fraction of sp³-hybridized carbons (Fsp3) is 0.400. The van der Waals surface area contributed by atoms with E-state index in [4.69, 9.17) is 23.8 Å². The molecule has 5 nitrogen and oxygen atoms in total. The van der Waals surface area contributed by atoms with Gasteiger partial charge in [0, 0.05) is 18.1 Å². The lowest BCUT2D eigenvalue weighted by Crippen LogP contribution is -2.44. The number of benzene rings is 1. The topological polar surface area (TPSA) is 84.3 Å². The Morgan fingerprint density at radius 2 is 1.67 bits per heavy atom. The monoisotopic (exact) mass is 287 g/mol. The van der Waals surface area contributed by atoms with Crippen LogP contribution in [0, 0.1) is 0 Å². The molecule has 2 radical (unpaired) electrons. The highest BCUT2D eigenvalue weighted by atomic mass is 16.3.